The molecule has 0 radical (unpaired) electrons. The molecule has 2 aliphatic heterocycles. The van der Waals surface area contributed by atoms with Gasteiger partial charge in [-0.1, -0.05) is 6.42 Å². The van der Waals surface area contributed by atoms with Crippen molar-refractivity contribution in [3.63, 3.8) is 0 Å². The summed E-state index contributed by atoms with van der Waals surface area (Å²) in [5, 5.41) is 9.10. The SMILES string of the molecule is CC(=O)NNC(=O)[C@@H]1CCCCN1S(=O)(=O)c1ccc(F)cc1.O=C(O)[C@@H]1CCCCN1S(=O)(=O)c1ccc(F)cc1. The number of aliphatic carboxylic acids is 1. The van der Waals surface area contributed by atoms with Crippen molar-refractivity contribution in [2.45, 2.75) is 67.3 Å². The highest BCUT2D eigenvalue weighted by atomic mass is 32.2. The maximum absolute atomic E-state index is 13.0. The van der Waals surface area contributed by atoms with Gasteiger partial charge < -0.3 is 5.11 Å². The fraction of sp³-hybridized carbons (Fsp3) is 0.423. The number of nitrogens with zero attached hydrogens (tertiary/aromatic N) is 2. The van der Waals surface area contributed by atoms with Crippen molar-refractivity contribution in [2.75, 3.05) is 13.1 Å². The van der Waals surface area contributed by atoms with E-state index in [4.69, 9.17) is 5.11 Å². The van der Waals surface area contributed by atoms with Crippen LogP contribution in [0.15, 0.2) is 58.3 Å². The zero-order chi connectivity index (χ0) is 31.1. The first-order chi connectivity index (χ1) is 19.7. The molecule has 2 aromatic carbocycles. The molecule has 2 aromatic rings. The van der Waals surface area contributed by atoms with Gasteiger partial charge in [0.1, 0.15) is 23.7 Å². The summed E-state index contributed by atoms with van der Waals surface area (Å²) in [4.78, 5) is 34.0. The minimum Gasteiger partial charge on any atom is -0.480 e. The van der Waals surface area contributed by atoms with Crippen LogP contribution >= 0.6 is 0 Å². The second-order valence-corrected chi connectivity index (χ2v) is 13.5. The Bertz CT molecular complexity index is 1490. The number of carboxylic acid groups (broad SMARTS) is 1. The number of halogens is 2. The first kappa shape index (κ1) is 33.0. The molecule has 0 unspecified atom stereocenters. The highest BCUT2D eigenvalue weighted by Crippen LogP contribution is 2.27. The molecule has 2 amide bonds. The Labute approximate surface area is 242 Å². The number of hydrogen-bond acceptors (Lipinski definition) is 7. The van der Waals surface area contributed by atoms with Crippen molar-refractivity contribution in [2.24, 2.45) is 0 Å². The van der Waals surface area contributed by atoms with Gasteiger partial charge in [0.2, 0.25) is 26.0 Å². The van der Waals surface area contributed by atoms with E-state index in [1.165, 1.54) is 19.1 Å². The molecule has 4 rings (SSSR count). The fourth-order valence-electron chi connectivity index (χ4n) is 4.61. The molecule has 2 fully saturated rings. The van der Waals surface area contributed by atoms with Gasteiger partial charge in [-0.05, 0) is 80.6 Å². The molecular formula is C26H32F2N4O8S2. The summed E-state index contributed by atoms with van der Waals surface area (Å²) in [5.74, 6) is -3.27. The molecule has 2 saturated heterocycles. The quantitative estimate of drug-likeness (QED) is 0.407. The van der Waals surface area contributed by atoms with Crippen LogP contribution in [-0.2, 0) is 34.4 Å². The second kappa shape index (κ2) is 14.1. The molecule has 42 heavy (non-hydrogen) atoms. The van der Waals surface area contributed by atoms with E-state index in [2.05, 4.69) is 10.9 Å². The Morgan fingerprint density at radius 3 is 1.52 bits per heavy atom. The predicted molar refractivity (Wildman–Crippen MR) is 145 cm³/mol. The Hall–Kier alpha value is -3.47. The summed E-state index contributed by atoms with van der Waals surface area (Å²) in [6.07, 6.45) is 3.30. The smallest absolute Gasteiger partial charge is 0.322 e. The number of carbonyl (C=O) groups excluding carboxylic acids is 2. The lowest BCUT2D eigenvalue weighted by molar-refractivity contribution is -0.142. The van der Waals surface area contributed by atoms with Crippen LogP contribution in [0, 0.1) is 11.6 Å². The molecule has 0 aromatic heterocycles. The molecule has 2 atom stereocenters. The van der Waals surface area contributed by atoms with Gasteiger partial charge in [0.25, 0.3) is 5.91 Å². The van der Waals surface area contributed by atoms with Crippen LogP contribution in [0.2, 0.25) is 0 Å². The van der Waals surface area contributed by atoms with Gasteiger partial charge in [0.15, 0.2) is 0 Å². The molecular weight excluding hydrogens is 598 g/mol. The topological polar surface area (TPSA) is 170 Å². The fourth-order valence-corrected chi connectivity index (χ4v) is 7.92. The molecule has 0 bridgehead atoms. The van der Waals surface area contributed by atoms with Gasteiger partial charge in [-0.15, -0.1) is 0 Å². The molecule has 2 aliphatic rings. The van der Waals surface area contributed by atoms with E-state index in [9.17, 15) is 40.0 Å². The number of sulfonamides is 2. The van der Waals surface area contributed by atoms with Crippen LogP contribution in [0.3, 0.4) is 0 Å². The summed E-state index contributed by atoms with van der Waals surface area (Å²) >= 11 is 0. The lowest BCUT2D eigenvalue weighted by atomic mass is 10.0. The minimum absolute atomic E-state index is 0.0712. The summed E-state index contributed by atoms with van der Waals surface area (Å²) in [5.41, 5.74) is 4.36. The Balaban J connectivity index is 0.000000235. The number of carbonyl (C=O) groups is 3. The van der Waals surface area contributed by atoms with Crippen molar-refractivity contribution in [3.8, 4) is 0 Å². The summed E-state index contributed by atoms with van der Waals surface area (Å²) < 4.78 is 78.0. The minimum atomic E-state index is -3.92. The standard InChI is InChI=1S/C14H18FN3O4S.C12H14FNO4S/c1-10(19)16-17-14(20)13-4-2-3-9-18(13)23(21,22)12-7-5-11(15)6-8-12;13-9-4-6-10(7-5-9)19(17,18)14-8-2-1-3-11(14)12(15)16/h5-8,13H,2-4,9H2,1H3,(H,16,19)(H,17,20);4-7,11H,1-3,8H2,(H,15,16)/t13-;11-/m00/s1. The number of nitrogens with one attached hydrogen (secondary N) is 2. The highest BCUT2D eigenvalue weighted by molar-refractivity contribution is 7.89. The third-order valence-electron chi connectivity index (χ3n) is 6.70. The molecule has 16 heteroatoms. The van der Waals surface area contributed by atoms with Crippen LogP contribution in [0.4, 0.5) is 8.78 Å². The van der Waals surface area contributed by atoms with E-state index in [-0.39, 0.29) is 22.9 Å². The zero-order valence-electron chi connectivity index (χ0n) is 22.7. The van der Waals surface area contributed by atoms with Crippen LogP contribution < -0.4 is 10.9 Å². The van der Waals surface area contributed by atoms with Crippen LogP contribution in [0.25, 0.3) is 0 Å². The van der Waals surface area contributed by atoms with E-state index in [0.717, 1.165) is 45.0 Å². The average molecular weight is 631 g/mol. The first-order valence-corrected chi connectivity index (χ1v) is 16.0. The van der Waals surface area contributed by atoms with Crippen molar-refractivity contribution >= 4 is 37.8 Å². The molecule has 12 nitrogen and oxygen atoms in total. The highest BCUT2D eigenvalue weighted by Gasteiger charge is 2.38. The molecule has 0 spiro atoms. The molecule has 3 N–H and O–H groups in total. The lowest BCUT2D eigenvalue weighted by Gasteiger charge is -2.33. The maximum Gasteiger partial charge on any atom is 0.322 e. The Morgan fingerprint density at radius 1 is 0.714 bits per heavy atom. The van der Waals surface area contributed by atoms with Gasteiger partial charge >= 0.3 is 5.97 Å². The third kappa shape index (κ3) is 8.08. The number of carboxylic acids is 1. The second-order valence-electron chi connectivity index (χ2n) is 9.67. The number of hydrazine groups is 1. The first-order valence-electron chi connectivity index (χ1n) is 13.1. The Kier molecular flexibility index (Phi) is 11.1. The van der Waals surface area contributed by atoms with E-state index in [1.807, 2.05) is 0 Å². The van der Waals surface area contributed by atoms with E-state index in [0.29, 0.717) is 38.5 Å². The molecule has 2 heterocycles. The number of rotatable bonds is 6. The van der Waals surface area contributed by atoms with Gasteiger partial charge in [-0.25, -0.2) is 25.6 Å². The van der Waals surface area contributed by atoms with E-state index < -0.39 is 61.5 Å². The monoisotopic (exact) mass is 630 g/mol. The van der Waals surface area contributed by atoms with Gasteiger partial charge in [0.05, 0.1) is 9.79 Å². The van der Waals surface area contributed by atoms with Crippen LogP contribution in [0.1, 0.15) is 45.4 Å². The lowest BCUT2D eigenvalue weighted by Crippen LogP contribution is -2.55. The van der Waals surface area contributed by atoms with Crippen LogP contribution in [-0.4, -0.2) is 73.5 Å². The molecule has 0 aliphatic carbocycles. The number of benzene rings is 2. The van der Waals surface area contributed by atoms with E-state index in [1.54, 1.807) is 0 Å². The predicted octanol–water partition coefficient (Wildman–Crippen LogP) is 1.99. The third-order valence-corrected chi connectivity index (χ3v) is 10.5. The Morgan fingerprint density at radius 2 is 1.12 bits per heavy atom. The van der Waals surface area contributed by atoms with Crippen molar-refractivity contribution in [3.05, 3.63) is 60.2 Å². The van der Waals surface area contributed by atoms with Crippen molar-refractivity contribution < 1.29 is 45.1 Å². The molecule has 0 saturated carbocycles. The van der Waals surface area contributed by atoms with Crippen molar-refractivity contribution in [1.29, 1.82) is 0 Å². The van der Waals surface area contributed by atoms with Gasteiger partial charge in [-0.3, -0.25) is 25.2 Å². The zero-order valence-corrected chi connectivity index (χ0v) is 24.3. The summed E-state index contributed by atoms with van der Waals surface area (Å²) in [6, 6.07) is 6.90. The molecule has 230 valence electrons. The number of hydrogen-bond donors (Lipinski definition) is 3. The van der Waals surface area contributed by atoms with Crippen molar-refractivity contribution in [1.82, 2.24) is 19.5 Å². The average Bonchev–Trinajstić information content (AvgIpc) is 2.96. The number of amides is 2. The number of piperidine rings is 2. The van der Waals surface area contributed by atoms with Crippen LogP contribution in [0.5, 0.6) is 0 Å². The maximum atomic E-state index is 13.0. The summed E-state index contributed by atoms with van der Waals surface area (Å²) in [7, 11) is -7.81. The normalized spacial score (nSPS) is 20.1. The van der Waals surface area contributed by atoms with Gasteiger partial charge in [-0.2, -0.15) is 8.61 Å². The largest absolute Gasteiger partial charge is 0.480 e. The summed E-state index contributed by atoms with van der Waals surface area (Å²) in [6.45, 7) is 1.60. The van der Waals surface area contributed by atoms with E-state index >= 15 is 0 Å². The van der Waals surface area contributed by atoms with Gasteiger partial charge in [0, 0.05) is 20.0 Å².